The topological polar surface area (TPSA) is 141 Å². The molecule has 1 unspecified atom stereocenters. The van der Waals surface area contributed by atoms with E-state index in [-0.39, 0.29) is 24.2 Å². The maximum absolute atomic E-state index is 13.4. The molecule has 1 fully saturated rings. The van der Waals surface area contributed by atoms with Gasteiger partial charge in [0.1, 0.15) is 18.2 Å². The molecule has 10 heteroatoms. The number of amides is 3. The SMILES string of the molecule is CC(C)(C)OC(=O)NC(Cc1c[nH]c2ccccc12)C(=O)N1CCC(C(=O)NCC(=O)O)CC1. The van der Waals surface area contributed by atoms with E-state index in [0.29, 0.717) is 25.9 Å². The van der Waals surface area contributed by atoms with Gasteiger partial charge in [0, 0.05) is 42.5 Å². The quantitative estimate of drug-likeness (QED) is 0.486. The first-order valence-corrected chi connectivity index (χ1v) is 11.4. The van der Waals surface area contributed by atoms with E-state index in [0.717, 1.165) is 16.5 Å². The number of piperidine rings is 1. The zero-order valence-corrected chi connectivity index (χ0v) is 19.7. The molecule has 1 aromatic carbocycles. The molecule has 1 saturated heterocycles. The van der Waals surface area contributed by atoms with E-state index in [1.165, 1.54) is 0 Å². The second-order valence-electron chi connectivity index (χ2n) is 9.47. The Hall–Kier alpha value is -3.56. The molecule has 10 nitrogen and oxygen atoms in total. The number of hydrogen-bond donors (Lipinski definition) is 4. The Bertz CT molecular complexity index is 1050. The second-order valence-corrected chi connectivity index (χ2v) is 9.47. The third-order valence-electron chi connectivity index (χ3n) is 5.68. The van der Waals surface area contributed by atoms with Crippen LogP contribution in [0.3, 0.4) is 0 Å². The van der Waals surface area contributed by atoms with Gasteiger partial charge in [-0.1, -0.05) is 18.2 Å². The van der Waals surface area contributed by atoms with E-state index in [1.54, 1.807) is 25.7 Å². The lowest BCUT2D eigenvalue weighted by atomic mass is 9.94. The van der Waals surface area contributed by atoms with Crippen molar-refractivity contribution in [1.29, 1.82) is 0 Å². The fourth-order valence-corrected chi connectivity index (χ4v) is 4.06. The van der Waals surface area contributed by atoms with Gasteiger partial charge in [-0.15, -0.1) is 0 Å². The Morgan fingerprint density at radius 3 is 2.50 bits per heavy atom. The second kappa shape index (κ2) is 10.6. The molecule has 1 atom stereocenters. The van der Waals surface area contributed by atoms with Crippen molar-refractivity contribution in [1.82, 2.24) is 20.5 Å². The Balaban J connectivity index is 1.70. The van der Waals surface area contributed by atoms with E-state index in [2.05, 4.69) is 15.6 Å². The van der Waals surface area contributed by atoms with E-state index in [4.69, 9.17) is 9.84 Å². The monoisotopic (exact) mass is 472 g/mol. The number of H-pyrrole nitrogens is 1. The Labute approximate surface area is 198 Å². The van der Waals surface area contributed by atoms with Gasteiger partial charge in [0.15, 0.2) is 0 Å². The number of nitrogens with one attached hydrogen (secondary N) is 3. The van der Waals surface area contributed by atoms with E-state index < -0.39 is 30.3 Å². The molecule has 0 saturated carbocycles. The summed E-state index contributed by atoms with van der Waals surface area (Å²) in [6.07, 6.45) is 2.28. The molecule has 0 spiro atoms. The zero-order chi connectivity index (χ0) is 24.9. The Morgan fingerprint density at radius 1 is 1.18 bits per heavy atom. The third kappa shape index (κ3) is 6.72. The van der Waals surface area contributed by atoms with Crippen LogP contribution in [0, 0.1) is 5.92 Å². The summed E-state index contributed by atoms with van der Waals surface area (Å²) in [6, 6.07) is 6.89. The van der Waals surface area contributed by atoms with Crippen molar-refractivity contribution in [2.75, 3.05) is 19.6 Å². The smallest absolute Gasteiger partial charge is 0.408 e. The molecule has 4 N–H and O–H groups in total. The van der Waals surface area contributed by atoms with Crippen LogP contribution in [0.15, 0.2) is 30.5 Å². The number of hydrogen-bond acceptors (Lipinski definition) is 5. The molecular weight excluding hydrogens is 440 g/mol. The van der Waals surface area contributed by atoms with Crippen LogP contribution in [0.4, 0.5) is 4.79 Å². The molecule has 0 aliphatic carbocycles. The van der Waals surface area contributed by atoms with Crippen molar-refractivity contribution < 1.29 is 29.0 Å². The van der Waals surface area contributed by atoms with E-state index in [1.807, 2.05) is 30.5 Å². The summed E-state index contributed by atoms with van der Waals surface area (Å²) in [4.78, 5) is 53.6. The summed E-state index contributed by atoms with van der Waals surface area (Å²) >= 11 is 0. The fourth-order valence-electron chi connectivity index (χ4n) is 4.06. The molecule has 1 aliphatic heterocycles. The lowest BCUT2D eigenvalue weighted by Crippen LogP contribution is -2.53. The van der Waals surface area contributed by atoms with Crippen LogP contribution in [0.5, 0.6) is 0 Å². The largest absolute Gasteiger partial charge is 0.480 e. The van der Waals surface area contributed by atoms with Crippen LogP contribution < -0.4 is 10.6 Å². The number of fused-ring (bicyclic) bond motifs is 1. The number of nitrogens with zero attached hydrogens (tertiary/aromatic N) is 1. The van der Waals surface area contributed by atoms with Crippen molar-refractivity contribution in [3.63, 3.8) is 0 Å². The van der Waals surface area contributed by atoms with Gasteiger partial charge in [0.05, 0.1) is 0 Å². The fraction of sp³-hybridized carbons (Fsp3) is 0.500. The standard InChI is InChI=1S/C24H32N4O6/c1-24(2,3)34-23(33)27-19(12-16-13-25-18-7-5-4-6-17(16)18)22(32)28-10-8-15(9-11-28)21(31)26-14-20(29)30/h4-7,13,15,19,25H,8-12,14H2,1-3H3,(H,26,31)(H,27,33)(H,29,30). The highest BCUT2D eigenvalue weighted by molar-refractivity contribution is 5.89. The van der Waals surface area contributed by atoms with Crippen molar-refractivity contribution >= 4 is 34.8 Å². The van der Waals surface area contributed by atoms with Crippen LogP contribution in [-0.4, -0.2) is 70.1 Å². The average molecular weight is 473 g/mol. The summed E-state index contributed by atoms with van der Waals surface area (Å²) in [5, 5.41) is 14.8. The Morgan fingerprint density at radius 2 is 1.85 bits per heavy atom. The number of ether oxygens (including phenoxy) is 1. The van der Waals surface area contributed by atoms with Crippen molar-refractivity contribution in [3.05, 3.63) is 36.0 Å². The number of alkyl carbamates (subject to hydrolysis) is 1. The van der Waals surface area contributed by atoms with Crippen LogP contribution in [-0.2, 0) is 25.5 Å². The summed E-state index contributed by atoms with van der Waals surface area (Å²) in [7, 11) is 0. The highest BCUT2D eigenvalue weighted by atomic mass is 16.6. The number of rotatable bonds is 7. The number of carbonyl (C=O) groups is 4. The van der Waals surface area contributed by atoms with Crippen LogP contribution in [0.1, 0.15) is 39.2 Å². The van der Waals surface area contributed by atoms with E-state index in [9.17, 15) is 19.2 Å². The van der Waals surface area contributed by atoms with Crippen LogP contribution >= 0.6 is 0 Å². The zero-order valence-electron chi connectivity index (χ0n) is 19.7. The maximum Gasteiger partial charge on any atom is 0.408 e. The molecule has 34 heavy (non-hydrogen) atoms. The minimum atomic E-state index is -1.10. The highest BCUT2D eigenvalue weighted by Gasteiger charge is 2.33. The van der Waals surface area contributed by atoms with Crippen molar-refractivity contribution in [2.24, 2.45) is 5.92 Å². The maximum atomic E-state index is 13.4. The summed E-state index contributed by atoms with van der Waals surface area (Å²) in [5.74, 6) is -2.03. The summed E-state index contributed by atoms with van der Waals surface area (Å²) in [5.41, 5.74) is 1.13. The molecule has 3 rings (SSSR count). The minimum absolute atomic E-state index is 0.250. The van der Waals surface area contributed by atoms with Gasteiger partial charge < -0.3 is 30.4 Å². The first kappa shape index (κ1) is 25.1. The summed E-state index contributed by atoms with van der Waals surface area (Å²) < 4.78 is 5.38. The number of aromatic nitrogens is 1. The van der Waals surface area contributed by atoms with Gasteiger partial charge in [0.25, 0.3) is 0 Å². The average Bonchev–Trinajstić information content (AvgIpc) is 3.18. The predicted octanol–water partition coefficient (Wildman–Crippen LogP) is 2.04. The molecule has 2 aromatic rings. The van der Waals surface area contributed by atoms with Gasteiger partial charge in [-0.2, -0.15) is 0 Å². The molecule has 0 radical (unpaired) electrons. The number of para-hydroxylation sites is 1. The Kier molecular flexibility index (Phi) is 7.80. The molecule has 1 aliphatic rings. The van der Waals surface area contributed by atoms with Gasteiger partial charge in [-0.3, -0.25) is 14.4 Å². The molecule has 184 valence electrons. The lowest BCUT2D eigenvalue weighted by Gasteiger charge is -2.34. The first-order chi connectivity index (χ1) is 16.0. The van der Waals surface area contributed by atoms with Crippen molar-refractivity contribution in [3.8, 4) is 0 Å². The first-order valence-electron chi connectivity index (χ1n) is 11.4. The highest BCUT2D eigenvalue weighted by Crippen LogP contribution is 2.22. The number of aromatic amines is 1. The van der Waals surface area contributed by atoms with Gasteiger partial charge in [0.2, 0.25) is 11.8 Å². The van der Waals surface area contributed by atoms with Crippen molar-refractivity contribution in [2.45, 2.75) is 51.7 Å². The predicted molar refractivity (Wildman–Crippen MR) is 125 cm³/mol. The number of carbonyl (C=O) groups excluding carboxylic acids is 3. The van der Waals surface area contributed by atoms with Gasteiger partial charge in [-0.05, 0) is 45.2 Å². The minimum Gasteiger partial charge on any atom is -0.480 e. The molecule has 1 aromatic heterocycles. The van der Waals surface area contributed by atoms with E-state index >= 15 is 0 Å². The van der Waals surface area contributed by atoms with Crippen LogP contribution in [0.25, 0.3) is 10.9 Å². The summed E-state index contributed by atoms with van der Waals surface area (Å²) in [6.45, 7) is 5.51. The third-order valence-corrected chi connectivity index (χ3v) is 5.68. The van der Waals surface area contributed by atoms with Crippen LogP contribution in [0.2, 0.25) is 0 Å². The van der Waals surface area contributed by atoms with Gasteiger partial charge in [-0.25, -0.2) is 4.79 Å². The number of aliphatic carboxylic acids is 1. The number of carboxylic acids is 1. The number of carboxylic acid groups (broad SMARTS) is 1. The molecule has 0 bridgehead atoms. The molecule has 2 heterocycles. The number of benzene rings is 1. The van der Waals surface area contributed by atoms with Gasteiger partial charge >= 0.3 is 12.1 Å². The normalized spacial score (nSPS) is 15.6. The lowest BCUT2D eigenvalue weighted by molar-refractivity contribution is -0.139. The number of likely N-dealkylation sites (tertiary alicyclic amines) is 1. The molecule has 3 amide bonds. The molecular formula is C24H32N4O6.